The summed E-state index contributed by atoms with van der Waals surface area (Å²) in [5.74, 6) is 2.44. The predicted molar refractivity (Wildman–Crippen MR) is 87.5 cm³/mol. The highest BCUT2D eigenvalue weighted by Crippen LogP contribution is 2.35. The van der Waals surface area contributed by atoms with E-state index in [4.69, 9.17) is 10.00 Å². The molecule has 2 nitrogen and oxygen atoms in total. The highest BCUT2D eigenvalue weighted by molar-refractivity contribution is 8.03. The summed E-state index contributed by atoms with van der Waals surface area (Å²) in [4.78, 5) is 0. The smallest absolute Gasteiger partial charge is 0.133 e. The van der Waals surface area contributed by atoms with Crippen molar-refractivity contribution >= 4 is 11.8 Å². The van der Waals surface area contributed by atoms with Gasteiger partial charge >= 0.3 is 0 Å². The lowest BCUT2D eigenvalue weighted by Gasteiger charge is -2.23. The Balaban J connectivity index is 3.10. The number of benzene rings is 1. The molecule has 0 aliphatic carbocycles. The maximum atomic E-state index is 8.67. The van der Waals surface area contributed by atoms with Gasteiger partial charge in [-0.2, -0.15) is 5.26 Å². The topological polar surface area (TPSA) is 33.0 Å². The lowest BCUT2D eigenvalue weighted by molar-refractivity contribution is 0.337. The summed E-state index contributed by atoms with van der Waals surface area (Å²) in [5.41, 5.74) is 5.36. The van der Waals surface area contributed by atoms with E-state index in [0.717, 1.165) is 24.3 Å². The highest BCUT2D eigenvalue weighted by atomic mass is 32.2. The second kappa shape index (κ2) is 8.21. The van der Waals surface area contributed by atoms with Crippen molar-refractivity contribution in [3.63, 3.8) is 0 Å². The summed E-state index contributed by atoms with van der Waals surface area (Å²) in [6.45, 7) is 11.5. The first kappa shape index (κ1) is 16.9. The first-order valence-corrected chi connectivity index (χ1v) is 8.29. The minimum atomic E-state index is 0.533. The van der Waals surface area contributed by atoms with Crippen molar-refractivity contribution in [3.05, 3.63) is 28.3 Å². The van der Waals surface area contributed by atoms with E-state index in [2.05, 4.69) is 39.2 Å². The van der Waals surface area contributed by atoms with Crippen LogP contribution in [0.1, 0.15) is 54.9 Å². The van der Waals surface area contributed by atoms with Gasteiger partial charge in [-0.1, -0.05) is 6.92 Å². The zero-order chi connectivity index (χ0) is 15.1. The monoisotopic (exact) mass is 291 g/mol. The molecule has 1 aromatic rings. The molecule has 0 saturated heterocycles. The van der Waals surface area contributed by atoms with E-state index in [9.17, 15) is 0 Å². The van der Waals surface area contributed by atoms with E-state index in [1.54, 1.807) is 0 Å². The van der Waals surface area contributed by atoms with Crippen molar-refractivity contribution in [2.75, 3.05) is 12.4 Å². The Morgan fingerprint density at radius 1 is 1.25 bits per heavy atom. The van der Waals surface area contributed by atoms with Crippen molar-refractivity contribution in [2.45, 2.75) is 53.4 Å². The molecule has 0 saturated carbocycles. The van der Waals surface area contributed by atoms with Gasteiger partial charge in [0.15, 0.2) is 0 Å². The van der Waals surface area contributed by atoms with Crippen LogP contribution in [0, 0.1) is 31.4 Å². The molecule has 0 N–H and O–H groups in total. The van der Waals surface area contributed by atoms with Crippen LogP contribution in [0.2, 0.25) is 0 Å². The Bertz CT molecular complexity index is 491. The Hall–Kier alpha value is -1.14. The van der Waals surface area contributed by atoms with E-state index in [-0.39, 0.29) is 0 Å². The Morgan fingerprint density at radius 2 is 1.95 bits per heavy atom. The summed E-state index contributed by atoms with van der Waals surface area (Å²) >= 11 is 1.35. The maximum absolute atomic E-state index is 8.67. The highest BCUT2D eigenvalue weighted by Gasteiger charge is 2.18. The normalized spacial score (nSPS) is 12.0. The van der Waals surface area contributed by atoms with E-state index < -0.39 is 0 Å². The lowest BCUT2D eigenvalue weighted by atomic mass is 9.85. The van der Waals surface area contributed by atoms with E-state index in [0.29, 0.717) is 12.5 Å². The number of hydrogen-bond donors (Lipinski definition) is 0. The Labute approximate surface area is 127 Å². The van der Waals surface area contributed by atoms with Crippen LogP contribution in [0.5, 0.6) is 5.75 Å². The molecule has 3 heteroatoms. The molecule has 0 heterocycles. The maximum Gasteiger partial charge on any atom is 0.133 e. The number of rotatable bonds is 7. The van der Waals surface area contributed by atoms with Crippen LogP contribution < -0.4 is 4.74 Å². The molecule has 0 amide bonds. The number of aryl methyl sites for hydroxylation is 1. The van der Waals surface area contributed by atoms with Crippen LogP contribution in [0.3, 0.4) is 0 Å². The molecular weight excluding hydrogens is 266 g/mol. The van der Waals surface area contributed by atoms with E-state index in [1.807, 2.05) is 6.92 Å². The first-order chi connectivity index (χ1) is 9.56. The third kappa shape index (κ3) is 3.93. The van der Waals surface area contributed by atoms with Gasteiger partial charge in [0.25, 0.3) is 0 Å². The van der Waals surface area contributed by atoms with Crippen LogP contribution in [-0.4, -0.2) is 12.4 Å². The molecule has 0 aromatic heterocycles. The molecule has 1 aromatic carbocycles. The quantitative estimate of drug-likeness (QED) is 0.517. The second-order valence-corrected chi connectivity index (χ2v) is 6.00. The summed E-state index contributed by atoms with van der Waals surface area (Å²) in [6, 6.07) is 2.17. The van der Waals surface area contributed by atoms with Crippen LogP contribution in [0.25, 0.3) is 0 Å². The molecule has 1 unspecified atom stereocenters. The zero-order valence-corrected chi connectivity index (χ0v) is 14.1. The van der Waals surface area contributed by atoms with Gasteiger partial charge < -0.3 is 4.74 Å². The molecule has 0 fully saturated rings. The van der Waals surface area contributed by atoms with Gasteiger partial charge in [-0.15, -0.1) is 0 Å². The first-order valence-electron chi connectivity index (χ1n) is 7.31. The molecule has 1 atom stereocenters. The Kier molecular flexibility index (Phi) is 6.95. The number of thioether (sulfide) groups is 1. The fourth-order valence-corrected chi connectivity index (χ4v) is 3.29. The van der Waals surface area contributed by atoms with E-state index >= 15 is 0 Å². The van der Waals surface area contributed by atoms with Crippen molar-refractivity contribution in [3.8, 4) is 11.2 Å². The fraction of sp³-hybridized carbons (Fsp3) is 0.588. The third-order valence-electron chi connectivity index (χ3n) is 3.94. The number of nitriles is 1. The summed E-state index contributed by atoms with van der Waals surface area (Å²) < 4.78 is 5.72. The molecule has 0 radical (unpaired) electrons. The van der Waals surface area contributed by atoms with Gasteiger partial charge in [-0.05, 0) is 86.5 Å². The van der Waals surface area contributed by atoms with E-state index in [1.165, 1.54) is 34.0 Å². The largest absolute Gasteiger partial charge is 0.494 e. The summed E-state index contributed by atoms with van der Waals surface area (Å²) in [5, 5.41) is 10.8. The lowest BCUT2D eigenvalue weighted by Crippen LogP contribution is -2.07. The van der Waals surface area contributed by atoms with Crippen LogP contribution in [-0.2, 0) is 0 Å². The third-order valence-corrected chi connectivity index (χ3v) is 4.51. The molecule has 0 aliphatic rings. The van der Waals surface area contributed by atoms with Gasteiger partial charge in [0.05, 0.1) is 6.61 Å². The van der Waals surface area contributed by atoms with Crippen molar-refractivity contribution in [1.82, 2.24) is 0 Å². The standard InChI is InChI=1S/C17H25NOS/c1-6-15(8-9-20-11-18)17-12(3)10-16(19-7-2)13(4)14(17)5/h10,15H,6-9H2,1-5H3. The van der Waals surface area contributed by atoms with Gasteiger partial charge in [0, 0.05) is 5.75 Å². The van der Waals surface area contributed by atoms with Gasteiger partial charge in [0.1, 0.15) is 11.2 Å². The average Bonchev–Trinajstić information content (AvgIpc) is 2.43. The van der Waals surface area contributed by atoms with Gasteiger partial charge in [-0.25, -0.2) is 0 Å². The fourth-order valence-electron chi connectivity index (χ4n) is 2.80. The van der Waals surface area contributed by atoms with Crippen molar-refractivity contribution < 1.29 is 4.74 Å². The number of hydrogen-bond acceptors (Lipinski definition) is 3. The number of thiocyanates is 1. The minimum absolute atomic E-state index is 0.533. The minimum Gasteiger partial charge on any atom is -0.494 e. The number of nitrogens with zero attached hydrogens (tertiary/aromatic N) is 1. The molecule has 0 spiro atoms. The molecule has 0 aliphatic heterocycles. The SMILES string of the molecule is CCOc1cc(C)c(C(CC)CCSC#N)c(C)c1C. The zero-order valence-electron chi connectivity index (χ0n) is 13.2. The van der Waals surface area contributed by atoms with Crippen LogP contribution in [0.4, 0.5) is 0 Å². The van der Waals surface area contributed by atoms with Crippen LogP contribution in [0.15, 0.2) is 6.07 Å². The molecule has 1 rings (SSSR count). The van der Waals surface area contributed by atoms with Crippen LogP contribution >= 0.6 is 11.8 Å². The summed E-state index contributed by atoms with van der Waals surface area (Å²) in [6.07, 6.45) is 2.17. The molecule has 110 valence electrons. The second-order valence-electron chi connectivity index (χ2n) is 5.12. The van der Waals surface area contributed by atoms with Crippen molar-refractivity contribution in [1.29, 1.82) is 5.26 Å². The molecule has 0 bridgehead atoms. The van der Waals surface area contributed by atoms with Gasteiger partial charge in [0.2, 0.25) is 0 Å². The summed E-state index contributed by atoms with van der Waals surface area (Å²) in [7, 11) is 0. The molecular formula is C17H25NOS. The predicted octanol–water partition coefficient (Wildman–Crippen LogP) is 5.11. The van der Waals surface area contributed by atoms with Crippen molar-refractivity contribution in [2.24, 2.45) is 0 Å². The Morgan fingerprint density at radius 3 is 2.50 bits per heavy atom. The molecule has 20 heavy (non-hydrogen) atoms. The number of ether oxygens (including phenoxy) is 1. The van der Waals surface area contributed by atoms with Gasteiger partial charge in [-0.3, -0.25) is 0 Å². The average molecular weight is 291 g/mol.